The Balaban J connectivity index is 2.18. The van der Waals surface area contributed by atoms with Crippen LogP contribution in [0.25, 0.3) is 0 Å². The van der Waals surface area contributed by atoms with Gasteiger partial charge in [0.1, 0.15) is 11.3 Å². The van der Waals surface area contributed by atoms with Crippen LogP contribution in [0.4, 0.5) is 0 Å². The van der Waals surface area contributed by atoms with Crippen molar-refractivity contribution in [2.24, 2.45) is 17.8 Å². The lowest BCUT2D eigenvalue weighted by Gasteiger charge is -2.36. The number of carbonyl (C=O) groups excluding carboxylic acids is 2. The zero-order valence-electron chi connectivity index (χ0n) is 16.8. The molecule has 2 amide bonds. The lowest BCUT2D eigenvalue weighted by molar-refractivity contribution is -0.154. The second-order valence-electron chi connectivity index (χ2n) is 7.99. The van der Waals surface area contributed by atoms with Gasteiger partial charge in [-0.1, -0.05) is 49.5 Å². The lowest BCUT2D eigenvalue weighted by Crippen LogP contribution is -2.59. The van der Waals surface area contributed by atoms with Gasteiger partial charge < -0.3 is 10.2 Å². The number of hydrogen-bond donors (Lipinski definition) is 3. The summed E-state index contributed by atoms with van der Waals surface area (Å²) in [4.78, 5) is 40.4. The minimum Gasteiger partial charge on any atom is -0.508 e. The molecule has 2 aliphatic heterocycles. The molecule has 8 heteroatoms. The molecule has 2 fully saturated rings. The Labute approximate surface area is 178 Å². The SMILES string of the molecule is CCCCN1C(=O)C2C(c3cc(Br)ccc3O)NC(C(=O)O)(C(C)CC)C2C1=O. The number of halogens is 1. The molecule has 0 saturated carbocycles. The molecule has 0 bridgehead atoms. The van der Waals surface area contributed by atoms with E-state index in [1.54, 1.807) is 19.1 Å². The highest BCUT2D eigenvalue weighted by molar-refractivity contribution is 9.10. The highest BCUT2D eigenvalue weighted by atomic mass is 79.9. The third kappa shape index (κ3) is 3.26. The molecule has 2 heterocycles. The number of likely N-dealkylation sites (tertiary alicyclic amines) is 1. The molecular formula is C21H27BrN2O5. The minimum absolute atomic E-state index is 0.0398. The van der Waals surface area contributed by atoms with Gasteiger partial charge in [-0.2, -0.15) is 0 Å². The minimum atomic E-state index is -1.58. The van der Waals surface area contributed by atoms with E-state index in [9.17, 15) is 24.6 Å². The Bertz CT molecular complexity index is 844. The second kappa shape index (κ2) is 8.07. The normalized spacial score (nSPS) is 29.9. The van der Waals surface area contributed by atoms with Gasteiger partial charge >= 0.3 is 5.97 Å². The zero-order chi connectivity index (χ0) is 21.5. The summed E-state index contributed by atoms with van der Waals surface area (Å²) in [7, 11) is 0. The van der Waals surface area contributed by atoms with Gasteiger partial charge in [0, 0.05) is 22.6 Å². The van der Waals surface area contributed by atoms with E-state index < -0.39 is 41.2 Å². The van der Waals surface area contributed by atoms with E-state index in [1.807, 2.05) is 13.8 Å². The summed E-state index contributed by atoms with van der Waals surface area (Å²) in [5.74, 6) is -4.25. The standard InChI is InChI=1S/C21H27BrN2O5/c1-4-6-9-24-18(26)15-16(19(24)27)21(20(28)29,11(3)5-2)23-17(15)13-10-12(22)7-8-14(13)25/h7-8,10-11,15-17,23,25H,4-6,9H2,1-3H3,(H,28,29). The molecule has 1 aromatic carbocycles. The molecule has 0 radical (unpaired) electrons. The quantitative estimate of drug-likeness (QED) is 0.533. The summed E-state index contributed by atoms with van der Waals surface area (Å²) in [6, 6.07) is 4.06. The van der Waals surface area contributed by atoms with Crippen LogP contribution < -0.4 is 5.32 Å². The molecular weight excluding hydrogens is 440 g/mol. The van der Waals surface area contributed by atoms with Crippen LogP contribution in [0, 0.1) is 17.8 Å². The van der Waals surface area contributed by atoms with Crippen molar-refractivity contribution in [2.75, 3.05) is 6.54 Å². The van der Waals surface area contributed by atoms with E-state index in [0.717, 1.165) is 6.42 Å². The maximum absolute atomic E-state index is 13.3. The predicted octanol–water partition coefficient (Wildman–Crippen LogP) is 3.07. The van der Waals surface area contributed by atoms with E-state index in [2.05, 4.69) is 21.2 Å². The number of hydrogen-bond acceptors (Lipinski definition) is 5. The number of benzene rings is 1. The average Bonchev–Trinajstić information content (AvgIpc) is 3.17. The van der Waals surface area contributed by atoms with Gasteiger partial charge in [-0.3, -0.25) is 24.6 Å². The van der Waals surface area contributed by atoms with Gasteiger partial charge in [0.05, 0.1) is 11.8 Å². The number of amides is 2. The number of fused-ring (bicyclic) bond motifs is 1. The molecule has 2 aliphatic rings. The van der Waals surface area contributed by atoms with E-state index in [4.69, 9.17) is 0 Å². The van der Waals surface area contributed by atoms with Crippen LogP contribution in [0.5, 0.6) is 5.75 Å². The Kier molecular flexibility index (Phi) is 6.06. The lowest BCUT2D eigenvalue weighted by atomic mass is 9.72. The summed E-state index contributed by atoms with van der Waals surface area (Å²) in [5, 5.41) is 23.8. The fraction of sp³-hybridized carbons (Fsp3) is 0.571. The highest BCUT2D eigenvalue weighted by Crippen LogP contribution is 2.53. The number of nitrogens with one attached hydrogen (secondary N) is 1. The van der Waals surface area contributed by atoms with E-state index in [0.29, 0.717) is 22.9 Å². The first-order chi connectivity index (χ1) is 13.7. The first kappa shape index (κ1) is 21.8. The highest BCUT2D eigenvalue weighted by Gasteiger charge is 2.69. The van der Waals surface area contributed by atoms with E-state index in [1.165, 1.54) is 11.0 Å². The van der Waals surface area contributed by atoms with Gasteiger partial charge in [0.2, 0.25) is 11.8 Å². The maximum Gasteiger partial charge on any atom is 0.325 e. The van der Waals surface area contributed by atoms with Crippen LogP contribution in [0.1, 0.15) is 51.6 Å². The molecule has 3 rings (SSSR count). The van der Waals surface area contributed by atoms with Crippen molar-refractivity contribution in [1.82, 2.24) is 10.2 Å². The van der Waals surface area contributed by atoms with Crippen LogP contribution in [0.2, 0.25) is 0 Å². The third-order valence-electron chi connectivity index (χ3n) is 6.49. The van der Waals surface area contributed by atoms with Crippen LogP contribution in [0.3, 0.4) is 0 Å². The van der Waals surface area contributed by atoms with Gasteiger partial charge in [0.15, 0.2) is 0 Å². The van der Waals surface area contributed by atoms with E-state index in [-0.39, 0.29) is 18.2 Å². The maximum atomic E-state index is 13.3. The van der Waals surface area contributed by atoms with Crippen molar-refractivity contribution in [3.8, 4) is 5.75 Å². The molecule has 0 spiro atoms. The fourth-order valence-corrected chi connectivity index (χ4v) is 5.14. The Morgan fingerprint density at radius 3 is 2.59 bits per heavy atom. The van der Waals surface area contributed by atoms with Crippen LogP contribution in [-0.4, -0.2) is 45.0 Å². The molecule has 5 atom stereocenters. The number of unbranched alkanes of at least 4 members (excludes halogenated alkanes) is 1. The first-order valence-corrected chi connectivity index (χ1v) is 10.8. The molecule has 1 aromatic rings. The number of carboxylic acid groups (broad SMARTS) is 1. The van der Waals surface area contributed by atoms with Crippen molar-refractivity contribution in [1.29, 1.82) is 0 Å². The predicted molar refractivity (Wildman–Crippen MR) is 110 cm³/mol. The Hall–Kier alpha value is -1.93. The largest absolute Gasteiger partial charge is 0.508 e. The molecule has 5 unspecified atom stereocenters. The third-order valence-corrected chi connectivity index (χ3v) is 6.98. The topological polar surface area (TPSA) is 107 Å². The van der Waals surface area contributed by atoms with Crippen LogP contribution in [0.15, 0.2) is 22.7 Å². The molecule has 7 nitrogen and oxygen atoms in total. The Morgan fingerprint density at radius 2 is 2.00 bits per heavy atom. The summed E-state index contributed by atoms with van der Waals surface area (Å²) in [5.41, 5.74) is -1.16. The summed E-state index contributed by atoms with van der Waals surface area (Å²) in [6.07, 6.45) is 2.01. The molecule has 2 saturated heterocycles. The molecule has 29 heavy (non-hydrogen) atoms. The molecule has 3 N–H and O–H groups in total. The van der Waals surface area contributed by atoms with Crippen molar-refractivity contribution >= 4 is 33.7 Å². The van der Waals surface area contributed by atoms with Crippen LogP contribution in [-0.2, 0) is 14.4 Å². The summed E-state index contributed by atoms with van der Waals surface area (Å²) >= 11 is 3.37. The second-order valence-corrected chi connectivity index (χ2v) is 8.91. The zero-order valence-corrected chi connectivity index (χ0v) is 18.4. The number of nitrogens with zero attached hydrogens (tertiary/aromatic N) is 1. The molecule has 158 valence electrons. The fourth-order valence-electron chi connectivity index (χ4n) is 4.76. The smallest absolute Gasteiger partial charge is 0.325 e. The van der Waals surface area contributed by atoms with Crippen molar-refractivity contribution in [3.05, 3.63) is 28.2 Å². The van der Waals surface area contributed by atoms with Gasteiger partial charge in [0.25, 0.3) is 0 Å². The number of carbonyl (C=O) groups is 3. The van der Waals surface area contributed by atoms with Gasteiger partial charge in [-0.05, 0) is 30.5 Å². The number of rotatable bonds is 7. The van der Waals surface area contributed by atoms with E-state index >= 15 is 0 Å². The summed E-state index contributed by atoms with van der Waals surface area (Å²) < 4.78 is 0.694. The summed E-state index contributed by atoms with van der Waals surface area (Å²) in [6.45, 7) is 5.91. The number of phenols is 1. The number of carboxylic acids is 1. The number of phenolic OH excluding ortho intramolecular Hbond substituents is 1. The number of aliphatic carboxylic acids is 1. The van der Waals surface area contributed by atoms with Crippen molar-refractivity contribution in [3.63, 3.8) is 0 Å². The molecule has 0 aromatic heterocycles. The van der Waals surface area contributed by atoms with Gasteiger partial charge in [-0.25, -0.2) is 0 Å². The monoisotopic (exact) mass is 466 g/mol. The number of imide groups is 1. The average molecular weight is 467 g/mol. The number of aromatic hydroxyl groups is 1. The van der Waals surface area contributed by atoms with Crippen molar-refractivity contribution in [2.45, 2.75) is 51.6 Å². The Morgan fingerprint density at radius 1 is 1.31 bits per heavy atom. The van der Waals surface area contributed by atoms with Crippen LogP contribution >= 0.6 is 15.9 Å². The molecule has 0 aliphatic carbocycles. The van der Waals surface area contributed by atoms with Crippen molar-refractivity contribution < 1.29 is 24.6 Å². The van der Waals surface area contributed by atoms with Gasteiger partial charge in [-0.15, -0.1) is 0 Å². The first-order valence-electron chi connectivity index (χ1n) is 10.0.